The first kappa shape index (κ1) is 15.1. The third kappa shape index (κ3) is 31.1. The van der Waals surface area contributed by atoms with Crippen molar-refractivity contribution >= 4 is 18.6 Å². The minimum atomic E-state index is -0.556. The van der Waals surface area contributed by atoms with Gasteiger partial charge in [0.1, 0.15) is 0 Å². The zero-order valence-corrected chi connectivity index (χ0v) is 9.93. The molecule has 0 heterocycles. The Morgan fingerprint density at radius 1 is 1.25 bits per heavy atom. The zero-order chi connectivity index (χ0) is 9.82. The first-order valence-electron chi connectivity index (χ1n) is 3.12. The summed E-state index contributed by atoms with van der Waals surface area (Å²) in [6.07, 6.45) is -0.167. The normalized spacial score (nSPS) is 7.50. The van der Waals surface area contributed by atoms with Gasteiger partial charge in [-0.1, -0.05) is 0 Å². The summed E-state index contributed by atoms with van der Waals surface area (Å²) in [5.74, 6) is 0. The van der Waals surface area contributed by atoms with Gasteiger partial charge in [0.05, 0.1) is 0 Å². The van der Waals surface area contributed by atoms with Gasteiger partial charge in [0, 0.05) is 6.10 Å². The fraction of sp³-hybridized carbons (Fsp3) is 0.375. The van der Waals surface area contributed by atoms with Gasteiger partial charge in [0.25, 0.3) is 0 Å². The van der Waals surface area contributed by atoms with Crippen molar-refractivity contribution in [2.75, 3.05) is 0 Å². The number of hydrogen-bond acceptors (Lipinski definition) is 1. The van der Waals surface area contributed by atoms with Gasteiger partial charge in [-0.2, -0.15) is 0 Å². The topological polar surface area (TPSA) is 20.2 Å². The number of halogens is 2. The Bertz CT molecular complexity index is 112. The van der Waals surface area contributed by atoms with E-state index in [0.29, 0.717) is 0 Å². The number of rotatable bonds is 0. The number of hydrogen-bond donors (Lipinski definition) is 1. The molecule has 4 heteroatoms. The molecule has 0 aliphatic heterocycles. The van der Waals surface area contributed by atoms with Crippen LogP contribution in [0.2, 0.25) is 0 Å². The van der Waals surface area contributed by atoms with E-state index in [1.54, 1.807) is 19.9 Å². The molecule has 0 spiro atoms. The first-order valence-corrected chi connectivity index (χ1v) is 7.42. The molecule has 1 aromatic rings. The van der Waals surface area contributed by atoms with E-state index in [1.165, 1.54) is 0 Å². The van der Waals surface area contributed by atoms with Gasteiger partial charge in [-0.15, -0.1) is 0 Å². The fourth-order valence-corrected chi connectivity index (χ4v) is 0.180. The van der Waals surface area contributed by atoms with Crippen LogP contribution in [0.1, 0.15) is 13.8 Å². The van der Waals surface area contributed by atoms with Crippen LogP contribution < -0.4 is 0 Å². The van der Waals surface area contributed by atoms with Crippen molar-refractivity contribution in [3.8, 4) is 0 Å². The maximum Gasteiger partial charge on any atom is -0.800 e. The van der Waals surface area contributed by atoms with Gasteiger partial charge in [0.2, 0.25) is 0 Å². The molecule has 1 aromatic carbocycles. The first-order chi connectivity index (χ1) is 5.65. The molecule has 0 fully saturated rings. The number of aliphatic hydroxyl groups excluding tert-OH is 1. The minimum Gasteiger partial charge on any atom is -0.999 e. The molecule has 0 bridgehead atoms. The predicted octanol–water partition coefficient (Wildman–Crippen LogP) is 2.37. The molecule has 12 heavy (non-hydrogen) atoms. The number of aliphatic hydroxyl groups is 1. The Balaban J connectivity index is 0. The molecule has 1 N–H and O–H groups in total. The Hall–Kier alpha value is 0.604. The van der Waals surface area contributed by atoms with Gasteiger partial charge in [-0.25, -0.2) is 0 Å². The molecule has 0 aliphatic rings. The van der Waals surface area contributed by atoms with E-state index in [-0.39, 0.29) is 6.10 Å². The van der Waals surface area contributed by atoms with Crippen molar-refractivity contribution in [1.82, 2.24) is 0 Å². The molecular weight excluding hydrogens is 231 g/mol. The van der Waals surface area contributed by atoms with Crippen molar-refractivity contribution in [2.45, 2.75) is 20.0 Å². The van der Waals surface area contributed by atoms with Crippen LogP contribution in [-0.2, 0) is 17.0 Å². The molecule has 1 nitrogen and oxygen atoms in total. The molecule has 0 saturated heterocycles. The Kier molecular flexibility index (Phi) is 17.8. The van der Waals surface area contributed by atoms with Crippen molar-refractivity contribution in [2.24, 2.45) is 0 Å². The average molecular weight is 240 g/mol. The Labute approximate surface area is 90.7 Å². The molecular formula is C8H9Cl2OTi-5. The smallest absolute Gasteiger partial charge is 0.800 e. The van der Waals surface area contributed by atoms with E-state index in [2.05, 4.69) is 24.3 Å². The molecule has 0 aromatic heterocycles. The summed E-state index contributed by atoms with van der Waals surface area (Å²) in [5, 5.41) is 8.06. The van der Waals surface area contributed by atoms with E-state index < -0.39 is 17.0 Å². The van der Waals surface area contributed by atoms with Gasteiger partial charge in [-0.3, -0.25) is 0 Å². The van der Waals surface area contributed by atoms with Gasteiger partial charge < -0.3 is 35.4 Å². The second-order valence-corrected chi connectivity index (χ2v) is 4.43. The van der Waals surface area contributed by atoms with Crippen LogP contribution in [0.25, 0.3) is 0 Å². The van der Waals surface area contributed by atoms with Crippen molar-refractivity contribution < 1.29 is 22.1 Å². The van der Waals surface area contributed by atoms with Gasteiger partial charge in [0.15, 0.2) is 0 Å². The van der Waals surface area contributed by atoms with Crippen LogP contribution >= 0.6 is 18.6 Å². The van der Waals surface area contributed by atoms with Crippen molar-refractivity contribution in [3.63, 3.8) is 0 Å². The quantitative estimate of drug-likeness (QED) is 0.545. The summed E-state index contributed by atoms with van der Waals surface area (Å²) in [4.78, 5) is 0. The molecule has 0 aliphatic carbocycles. The average Bonchev–Trinajstić information content (AvgIpc) is 2.40. The van der Waals surface area contributed by atoms with E-state index in [4.69, 9.17) is 23.7 Å². The molecule has 0 radical (unpaired) electrons. The molecule has 1 rings (SSSR count). The van der Waals surface area contributed by atoms with E-state index in [9.17, 15) is 0 Å². The summed E-state index contributed by atoms with van der Waals surface area (Å²) >= 11 is -0.556. The third-order valence-corrected chi connectivity index (χ3v) is 0.351. The second-order valence-electron chi connectivity index (χ2n) is 1.85. The third-order valence-electron chi connectivity index (χ3n) is 0.351. The maximum atomic E-state index is 8.06. The summed E-state index contributed by atoms with van der Waals surface area (Å²) in [6.45, 7) is 3.44. The molecule has 0 amide bonds. The SMILES string of the molecule is CC(C)O.[Cl][Ti][Cl].[c-]1[c-][c-][cH-][c-]1. The molecule has 0 atom stereocenters. The van der Waals surface area contributed by atoms with Crippen LogP contribution in [0.4, 0.5) is 0 Å². The van der Waals surface area contributed by atoms with E-state index in [0.717, 1.165) is 0 Å². The van der Waals surface area contributed by atoms with Crippen LogP contribution in [0.5, 0.6) is 0 Å². The molecule has 0 saturated carbocycles. The van der Waals surface area contributed by atoms with Crippen LogP contribution in [0, 0.1) is 24.3 Å². The van der Waals surface area contributed by atoms with Crippen molar-refractivity contribution in [3.05, 3.63) is 30.3 Å². The van der Waals surface area contributed by atoms with Crippen molar-refractivity contribution in [1.29, 1.82) is 0 Å². The van der Waals surface area contributed by atoms with E-state index in [1.807, 2.05) is 0 Å². The van der Waals surface area contributed by atoms with Gasteiger partial charge in [-0.05, 0) is 13.8 Å². The van der Waals surface area contributed by atoms with Crippen LogP contribution in [-0.4, -0.2) is 11.2 Å². The molecule has 70 valence electrons. The summed E-state index contributed by atoms with van der Waals surface area (Å²) < 4.78 is 0. The summed E-state index contributed by atoms with van der Waals surface area (Å²) in [6, 6.07) is 12.0. The predicted molar refractivity (Wildman–Crippen MR) is 46.4 cm³/mol. The Morgan fingerprint density at radius 2 is 1.50 bits per heavy atom. The second kappa shape index (κ2) is 14.1. The fourth-order valence-electron chi connectivity index (χ4n) is 0.180. The molecule has 0 unspecified atom stereocenters. The van der Waals surface area contributed by atoms with Gasteiger partial charge >= 0.3 is 35.6 Å². The maximum absolute atomic E-state index is 8.06. The largest absolute Gasteiger partial charge is 0.999 e. The Morgan fingerprint density at radius 3 is 1.58 bits per heavy atom. The van der Waals surface area contributed by atoms with E-state index >= 15 is 0 Å². The van der Waals surface area contributed by atoms with Crippen LogP contribution in [0.15, 0.2) is 6.07 Å². The van der Waals surface area contributed by atoms with Crippen LogP contribution in [0.3, 0.4) is 0 Å². The monoisotopic (exact) mass is 239 g/mol. The summed E-state index contributed by atoms with van der Waals surface area (Å²) in [5.41, 5.74) is 0. The summed E-state index contributed by atoms with van der Waals surface area (Å²) in [7, 11) is 9.78. The zero-order valence-electron chi connectivity index (χ0n) is 6.86. The minimum absolute atomic E-state index is 0.167. The standard InChI is InChI=1S/C5H.C3H8O.2ClH.Ti/c1-2-4-5-3-1;1-3(2)4;;;/h1H;3-4H,1-2H3;2*1H;/q-5;;;;+2/p-2.